The Morgan fingerprint density at radius 2 is 2.07 bits per heavy atom. The molecule has 0 fully saturated rings. The van der Waals surface area contributed by atoms with Crippen LogP contribution in [0.3, 0.4) is 0 Å². The second-order valence-corrected chi connectivity index (χ2v) is 2.36. The van der Waals surface area contributed by atoms with Crippen LogP contribution in [0.2, 0.25) is 0 Å². The van der Waals surface area contributed by atoms with Crippen LogP contribution in [-0.2, 0) is 0 Å². The fraction of sp³-hybridized carbons (Fsp3) is 0.125. The summed E-state index contributed by atoms with van der Waals surface area (Å²) in [4.78, 5) is 10.6. The maximum atomic E-state index is 13.1. The summed E-state index contributed by atoms with van der Waals surface area (Å²) in [5.41, 5.74) is 4.31. The summed E-state index contributed by atoms with van der Waals surface area (Å²) in [5.74, 6) is -2.92. The van der Waals surface area contributed by atoms with Gasteiger partial charge in [0, 0.05) is 0 Å². The molecule has 0 bridgehead atoms. The minimum absolute atomic E-state index is 0.483. The number of ether oxygens (including phenoxy) is 1. The molecule has 3 nitrogen and oxygen atoms in total. The second kappa shape index (κ2) is 3.99. The number of carbonyl (C=O) groups excluding carboxylic acids is 1. The Morgan fingerprint density at radius 1 is 1.43 bits per heavy atom. The number of nitrogens with two attached hydrogens (primary N) is 1. The normalized spacial score (nSPS) is 10.3. The van der Waals surface area contributed by atoms with E-state index in [1.54, 1.807) is 0 Å². The van der Waals surface area contributed by atoms with Crippen LogP contribution in [0.1, 0.15) is 10.4 Å². The van der Waals surface area contributed by atoms with Crippen LogP contribution in [0.5, 0.6) is 5.75 Å². The van der Waals surface area contributed by atoms with Gasteiger partial charge in [0.05, 0.1) is 5.56 Å². The van der Waals surface area contributed by atoms with Gasteiger partial charge in [-0.15, -0.1) is 0 Å². The van der Waals surface area contributed by atoms with E-state index in [2.05, 4.69) is 4.74 Å². The van der Waals surface area contributed by atoms with Gasteiger partial charge < -0.3 is 10.5 Å². The average molecular weight is 205 g/mol. The molecule has 0 radical (unpaired) electrons. The summed E-state index contributed by atoms with van der Waals surface area (Å²) in [6.07, 6.45) is 0. The third-order valence-electron chi connectivity index (χ3n) is 1.44. The zero-order valence-electron chi connectivity index (χ0n) is 6.84. The SMILES string of the molecule is NC(=O)c1cccc(OC(F)F)c1F. The third-order valence-corrected chi connectivity index (χ3v) is 1.44. The van der Waals surface area contributed by atoms with Crippen LogP contribution in [0.15, 0.2) is 18.2 Å². The molecule has 1 aromatic rings. The van der Waals surface area contributed by atoms with Gasteiger partial charge in [-0.2, -0.15) is 8.78 Å². The van der Waals surface area contributed by atoms with Crippen LogP contribution in [0.4, 0.5) is 13.2 Å². The van der Waals surface area contributed by atoms with Crippen LogP contribution >= 0.6 is 0 Å². The lowest BCUT2D eigenvalue weighted by atomic mass is 10.2. The van der Waals surface area contributed by atoms with E-state index in [9.17, 15) is 18.0 Å². The lowest BCUT2D eigenvalue weighted by Crippen LogP contribution is -2.14. The largest absolute Gasteiger partial charge is 0.432 e. The van der Waals surface area contributed by atoms with Crippen molar-refractivity contribution in [1.29, 1.82) is 0 Å². The van der Waals surface area contributed by atoms with Crippen LogP contribution in [0, 0.1) is 5.82 Å². The summed E-state index contributed by atoms with van der Waals surface area (Å²) in [5, 5.41) is 0. The molecular formula is C8H6F3NO2. The van der Waals surface area contributed by atoms with E-state index in [1.807, 2.05) is 0 Å². The summed E-state index contributed by atoms with van der Waals surface area (Å²) >= 11 is 0. The van der Waals surface area contributed by atoms with Crippen LogP contribution in [0.25, 0.3) is 0 Å². The minimum Gasteiger partial charge on any atom is -0.432 e. The maximum Gasteiger partial charge on any atom is 0.387 e. The average Bonchev–Trinajstić information content (AvgIpc) is 2.07. The van der Waals surface area contributed by atoms with E-state index in [4.69, 9.17) is 5.73 Å². The Labute approximate surface area is 77.3 Å². The van der Waals surface area contributed by atoms with Crippen LogP contribution < -0.4 is 10.5 Å². The highest BCUT2D eigenvalue weighted by Gasteiger charge is 2.15. The summed E-state index contributed by atoms with van der Waals surface area (Å²) in [7, 11) is 0. The minimum atomic E-state index is -3.15. The molecule has 0 aliphatic carbocycles. The van der Waals surface area contributed by atoms with Crippen molar-refractivity contribution in [2.45, 2.75) is 6.61 Å². The highest BCUT2D eigenvalue weighted by molar-refractivity contribution is 5.93. The zero-order valence-corrected chi connectivity index (χ0v) is 6.84. The lowest BCUT2D eigenvalue weighted by Gasteiger charge is -2.06. The van der Waals surface area contributed by atoms with Crippen LogP contribution in [-0.4, -0.2) is 12.5 Å². The van der Waals surface area contributed by atoms with E-state index in [-0.39, 0.29) is 0 Å². The number of benzene rings is 1. The molecule has 0 saturated carbocycles. The van der Waals surface area contributed by atoms with Gasteiger partial charge in [-0.1, -0.05) is 6.07 Å². The quantitative estimate of drug-likeness (QED) is 0.813. The Hall–Kier alpha value is -1.72. The number of hydrogen-bond acceptors (Lipinski definition) is 2. The molecule has 0 aliphatic heterocycles. The number of rotatable bonds is 3. The lowest BCUT2D eigenvalue weighted by molar-refractivity contribution is -0.0522. The van der Waals surface area contributed by atoms with Gasteiger partial charge in [0.15, 0.2) is 11.6 Å². The van der Waals surface area contributed by atoms with Gasteiger partial charge >= 0.3 is 6.61 Å². The number of halogens is 3. The first-order valence-corrected chi connectivity index (χ1v) is 3.55. The summed E-state index contributed by atoms with van der Waals surface area (Å²) < 4.78 is 40.4. The number of amides is 1. The van der Waals surface area contributed by atoms with Gasteiger partial charge in [-0.3, -0.25) is 4.79 Å². The Balaban J connectivity index is 3.07. The number of alkyl halides is 2. The highest BCUT2D eigenvalue weighted by atomic mass is 19.3. The monoisotopic (exact) mass is 205 g/mol. The smallest absolute Gasteiger partial charge is 0.387 e. The van der Waals surface area contributed by atoms with Crippen molar-refractivity contribution in [3.05, 3.63) is 29.6 Å². The second-order valence-electron chi connectivity index (χ2n) is 2.36. The van der Waals surface area contributed by atoms with Crippen molar-refractivity contribution >= 4 is 5.91 Å². The van der Waals surface area contributed by atoms with E-state index in [1.165, 1.54) is 6.07 Å². The first kappa shape index (κ1) is 10.4. The Kier molecular flexibility index (Phi) is 2.95. The number of hydrogen-bond donors (Lipinski definition) is 1. The predicted molar refractivity (Wildman–Crippen MR) is 41.5 cm³/mol. The third kappa shape index (κ3) is 2.15. The maximum absolute atomic E-state index is 13.1. The molecule has 0 saturated heterocycles. The molecule has 76 valence electrons. The van der Waals surface area contributed by atoms with E-state index >= 15 is 0 Å². The van der Waals surface area contributed by atoms with Crippen molar-refractivity contribution in [3.63, 3.8) is 0 Å². The molecule has 0 spiro atoms. The molecule has 0 aromatic heterocycles. The predicted octanol–water partition coefficient (Wildman–Crippen LogP) is 1.53. The molecule has 1 aromatic carbocycles. The first-order chi connectivity index (χ1) is 6.52. The van der Waals surface area contributed by atoms with E-state index < -0.39 is 29.6 Å². The van der Waals surface area contributed by atoms with Gasteiger partial charge in [0.25, 0.3) is 5.91 Å². The van der Waals surface area contributed by atoms with E-state index in [0.29, 0.717) is 0 Å². The zero-order chi connectivity index (χ0) is 10.7. The Bertz CT molecular complexity index is 354. The van der Waals surface area contributed by atoms with Crippen molar-refractivity contribution in [1.82, 2.24) is 0 Å². The van der Waals surface area contributed by atoms with Crippen molar-refractivity contribution in [2.24, 2.45) is 5.73 Å². The van der Waals surface area contributed by atoms with Gasteiger partial charge in [0.2, 0.25) is 0 Å². The molecular weight excluding hydrogens is 199 g/mol. The Morgan fingerprint density at radius 3 is 2.57 bits per heavy atom. The molecule has 1 amide bonds. The molecule has 1 rings (SSSR count). The molecule has 2 N–H and O–H groups in total. The van der Waals surface area contributed by atoms with Gasteiger partial charge in [-0.05, 0) is 12.1 Å². The number of carbonyl (C=O) groups is 1. The van der Waals surface area contributed by atoms with Crippen molar-refractivity contribution in [2.75, 3.05) is 0 Å². The molecule has 14 heavy (non-hydrogen) atoms. The van der Waals surface area contributed by atoms with E-state index in [0.717, 1.165) is 12.1 Å². The van der Waals surface area contributed by atoms with Gasteiger partial charge in [0.1, 0.15) is 0 Å². The summed E-state index contributed by atoms with van der Waals surface area (Å²) in [6, 6.07) is 3.25. The standard InChI is InChI=1S/C8H6F3NO2/c9-6-4(7(12)13)2-1-3-5(6)14-8(10)11/h1-3,8H,(H2,12,13). The van der Waals surface area contributed by atoms with Crippen molar-refractivity contribution in [3.8, 4) is 5.75 Å². The van der Waals surface area contributed by atoms with Crippen molar-refractivity contribution < 1.29 is 22.7 Å². The fourth-order valence-corrected chi connectivity index (χ4v) is 0.888. The summed E-state index contributed by atoms with van der Waals surface area (Å²) in [6.45, 7) is -3.15. The number of primary amides is 1. The molecule has 6 heteroatoms. The molecule has 0 unspecified atom stereocenters. The fourth-order valence-electron chi connectivity index (χ4n) is 0.888. The first-order valence-electron chi connectivity index (χ1n) is 3.55. The van der Waals surface area contributed by atoms with Gasteiger partial charge in [-0.25, -0.2) is 4.39 Å². The topological polar surface area (TPSA) is 52.3 Å². The molecule has 0 aliphatic rings. The highest BCUT2D eigenvalue weighted by Crippen LogP contribution is 2.21. The molecule has 0 atom stereocenters. The molecule has 0 heterocycles.